The van der Waals surface area contributed by atoms with E-state index in [1.807, 2.05) is 0 Å². The van der Waals surface area contributed by atoms with Gasteiger partial charge in [0.15, 0.2) is 0 Å². The zero-order chi connectivity index (χ0) is 13.7. The number of nitrogens with zero attached hydrogens (tertiary/aromatic N) is 3. The Bertz CT molecular complexity index is 379. The van der Waals surface area contributed by atoms with Gasteiger partial charge in [-0.15, -0.1) is 0 Å². The molecule has 1 rings (SSSR count). The van der Waals surface area contributed by atoms with Gasteiger partial charge in [0, 0.05) is 18.0 Å². The van der Waals surface area contributed by atoms with Crippen LogP contribution >= 0.6 is 11.6 Å². The van der Waals surface area contributed by atoms with Gasteiger partial charge in [0.05, 0.1) is 0 Å². The Morgan fingerprint density at radius 2 is 1.94 bits per heavy atom. The average Bonchev–Trinajstić information content (AvgIpc) is 2.25. The summed E-state index contributed by atoms with van der Waals surface area (Å²) in [6.45, 7) is 7.31. The van der Waals surface area contributed by atoms with Gasteiger partial charge < -0.3 is 10.2 Å². The van der Waals surface area contributed by atoms with Crippen molar-refractivity contribution in [1.82, 2.24) is 14.9 Å². The van der Waals surface area contributed by atoms with Crippen molar-refractivity contribution in [2.75, 3.05) is 26.0 Å². The molecule has 5 heteroatoms. The summed E-state index contributed by atoms with van der Waals surface area (Å²) in [6.07, 6.45) is 1.06. The van der Waals surface area contributed by atoms with Crippen LogP contribution in [-0.4, -0.2) is 41.5 Å². The SMILES string of the molecule is CC(CCN(C)C)Nc1cc(Cl)nc(C(C)C)n1. The minimum atomic E-state index is 0.279. The van der Waals surface area contributed by atoms with E-state index in [9.17, 15) is 0 Å². The molecule has 0 aromatic carbocycles. The molecule has 0 saturated carbocycles. The normalized spacial score (nSPS) is 13.1. The summed E-state index contributed by atoms with van der Waals surface area (Å²) in [4.78, 5) is 10.9. The van der Waals surface area contributed by atoms with E-state index >= 15 is 0 Å². The highest BCUT2D eigenvalue weighted by molar-refractivity contribution is 6.29. The van der Waals surface area contributed by atoms with E-state index < -0.39 is 0 Å². The standard InChI is InChI=1S/C13H23ClN4/c1-9(2)13-16-11(14)8-12(17-13)15-10(3)6-7-18(4)5/h8-10H,6-7H2,1-5H3,(H,15,16,17). The van der Waals surface area contributed by atoms with Crippen LogP contribution in [0.25, 0.3) is 0 Å². The van der Waals surface area contributed by atoms with Crippen LogP contribution in [-0.2, 0) is 0 Å². The number of hydrogen-bond acceptors (Lipinski definition) is 4. The minimum absolute atomic E-state index is 0.279. The molecule has 1 atom stereocenters. The largest absolute Gasteiger partial charge is 0.367 e. The molecule has 0 amide bonds. The summed E-state index contributed by atoms with van der Waals surface area (Å²) < 4.78 is 0. The van der Waals surface area contributed by atoms with Gasteiger partial charge in [0.25, 0.3) is 0 Å². The predicted octanol–water partition coefficient (Wildman–Crippen LogP) is 3.01. The van der Waals surface area contributed by atoms with E-state index in [1.165, 1.54) is 0 Å². The van der Waals surface area contributed by atoms with E-state index in [-0.39, 0.29) is 5.92 Å². The molecule has 0 aliphatic rings. The van der Waals surface area contributed by atoms with Gasteiger partial charge in [0.2, 0.25) is 0 Å². The van der Waals surface area contributed by atoms with Crippen LogP contribution in [0.15, 0.2) is 6.07 Å². The molecule has 0 aliphatic heterocycles. The van der Waals surface area contributed by atoms with E-state index in [4.69, 9.17) is 11.6 Å². The first kappa shape index (κ1) is 15.2. The monoisotopic (exact) mass is 270 g/mol. The Hall–Kier alpha value is -0.870. The Morgan fingerprint density at radius 1 is 1.28 bits per heavy atom. The quantitative estimate of drug-likeness (QED) is 0.807. The van der Waals surface area contributed by atoms with Gasteiger partial charge in [-0.3, -0.25) is 0 Å². The highest BCUT2D eigenvalue weighted by Crippen LogP contribution is 2.17. The van der Waals surface area contributed by atoms with Crippen molar-refractivity contribution in [3.63, 3.8) is 0 Å². The number of rotatable bonds is 6. The van der Waals surface area contributed by atoms with Gasteiger partial charge in [-0.25, -0.2) is 9.97 Å². The molecule has 4 nitrogen and oxygen atoms in total. The maximum atomic E-state index is 6.01. The first-order valence-electron chi connectivity index (χ1n) is 6.34. The predicted molar refractivity (Wildman–Crippen MR) is 77.4 cm³/mol. The molecule has 0 saturated heterocycles. The molecule has 1 heterocycles. The van der Waals surface area contributed by atoms with Crippen molar-refractivity contribution in [1.29, 1.82) is 0 Å². The lowest BCUT2D eigenvalue weighted by Crippen LogP contribution is -2.23. The molecule has 18 heavy (non-hydrogen) atoms. The molecular formula is C13H23ClN4. The third-order valence-electron chi connectivity index (χ3n) is 2.63. The van der Waals surface area contributed by atoms with Crippen LogP contribution < -0.4 is 5.32 Å². The molecule has 0 radical (unpaired) electrons. The molecule has 0 fully saturated rings. The van der Waals surface area contributed by atoms with E-state index in [0.717, 1.165) is 24.6 Å². The van der Waals surface area contributed by atoms with Gasteiger partial charge >= 0.3 is 0 Å². The molecule has 102 valence electrons. The number of anilines is 1. The van der Waals surface area contributed by atoms with E-state index in [1.54, 1.807) is 6.07 Å². The summed E-state index contributed by atoms with van der Waals surface area (Å²) >= 11 is 6.01. The third kappa shape index (κ3) is 5.19. The van der Waals surface area contributed by atoms with Crippen molar-refractivity contribution in [3.8, 4) is 0 Å². The highest BCUT2D eigenvalue weighted by Gasteiger charge is 2.09. The fraction of sp³-hybridized carbons (Fsp3) is 0.692. The maximum Gasteiger partial charge on any atom is 0.135 e. The van der Waals surface area contributed by atoms with Crippen molar-refractivity contribution in [3.05, 3.63) is 17.0 Å². The van der Waals surface area contributed by atoms with Crippen LogP contribution in [0.4, 0.5) is 5.82 Å². The molecule has 0 aliphatic carbocycles. The summed E-state index contributed by atoms with van der Waals surface area (Å²) in [5.74, 6) is 1.87. The van der Waals surface area contributed by atoms with Crippen LogP contribution in [0.5, 0.6) is 0 Å². The van der Waals surface area contributed by atoms with Crippen LogP contribution in [0.1, 0.15) is 38.9 Å². The third-order valence-corrected chi connectivity index (χ3v) is 2.83. The van der Waals surface area contributed by atoms with E-state index in [2.05, 4.69) is 55.1 Å². The zero-order valence-corrected chi connectivity index (χ0v) is 12.6. The average molecular weight is 271 g/mol. The first-order valence-corrected chi connectivity index (χ1v) is 6.72. The van der Waals surface area contributed by atoms with Crippen molar-refractivity contribution in [2.45, 2.75) is 39.2 Å². The van der Waals surface area contributed by atoms with E-state index in [0.29, 0.717) is 11.2 Å². The Labute approximate surface area is 115 Å². The summed E-state index contributed by atoms with van der Waals surface area (Å²) in [7, 11) is 4.15. The lowest BCUT2D eigenvalue weighted by molar-refractivity contribution is 0.390. The summed E-state index contributed by atoms with van der Waals surface area (Å²) in [5, 5.41) is 3.87. The molecule has 0 spiro atoms. The van der Waals surface area contributed by atoms with Crippen molar-refractivity contribution < 1.29 is 0 Å². The fourth-order valence-corrected chi connectivity index (χ4v) is 1.73. The van der Waals surface area contributed by atoms with Gasteiger partial charge in [-0.1, -0.05) is 25.4 Å². The zero-order valence-electron chi connectivity index (χ0n) is 11.9. The lowest BCUT2D eigenvalue weighted by atomic mass is 10.2. The Morgan fingerprint density at radius 3 is 2.50 bits per heavy atom. The summed E-state index contributed by atoms with van der Waals surface area (Å²) in [5.41, 5.74) is 0. The molecule has 1 aromatic rings. The molecular weight excluding hydrogens is 248 g/mol. The fourth-order valence-electron chi connectivity index (χ4n) is 1.54. The van der Waals surface area contributed by atoms with Gasteiger partial charge in [0.1, 0.15) is 16.8 Å². The van der Waals surface area contributed by atoms with Crippen LogP contribution in [0.3, 0.4) is 0 Å². The second-order valence-corrected chi connectivity index (χ2v) is 5.61. The van der Waals surface area contributed by atoms with Crippen molar-refractivity contribution >= 4 is 17.4 Å². The Balaban J connectivity index is 2.66. The topological polar surface area (TPSA) is 41.0 Å². The number of halogens is 1. The maximum absolute atomic E-state index is 6.01. The first-order chi connectivity index (χ1) is 8.38. The molecule has 1 N–H and O–H groups in total. The smallest absolute Gasteiger partial charge is 0.135 e. The van der Waals surface area contributed by atoms with Crippen LogP contribution in [0.2, 0.25) is 5.15 Å². The summed E-state index contributed by atoms with van der Waals surface area (Å²) in [6, 6.07) is 2.14. The molecule has 1 unspecified atom stereocenters. The second kappa shape index (κ2) is 6.90. The van der Waals surface area contributed by atoms with Crippen LogP contribution in [0, 0.1) is 0 Å². The minimum Gasteiger partial charge on any atom is -0.367 e. The highest BCUT2D eigenvalue weighted by atomic mass is 35.5. The molecule has 0 bridgehead atoms. The van der Waals surface area contributed by atoms with Gasteiger partial charge in [-0.2, -0.15) is 0 Å². The van der Waals surface area contributed by atoms with Crippen molar-refractivity contribution in [2.24, 2.45) is 0 Å². The van der Waals surface area contributed by atoms with Gasteiger partial charge in [-0.05, 0) is 34.0 Å². The Kier molecular flexibility index (Phi) is 5.82. The molecule has 1 aromatic heterocycles. The lowest BCUT2D eigenvalue weighted by Gasteiger charge is -2.18. The second-order valence-electron chi connectivity index (χ2n) is 5.23. The number of aromatic nitrogens is 2. The number of hydrogen-bond donors (Lipinski definition) is 1. The number of nitrogens with one attached hydrogen (secondary N) is 1.